The molecule has 0 aromatic carbocycles. The van der Waals surface area contributed by atoms with Crippen LogP contribution in [0.2, 0.25) is 0 Å². The number of carbonyl (C=O) groups is 1. The molecule has 1 aromatic rings. The maximum absolute atomic E-state index is 8.78. The van der Waals surface area contributed by atoms with Crippen LogP contribution in [0.1, 0.15) is 24.6 Å². The monoisotopic (exact) mass is 311 g/mol. The Hall–Kier alpha value is 0.723. The van der Waals surface area contributed by atoms with Gasteiger partial charge in [-0.3, -0.25) is 0 Å². The number of anilines is 1. The summed E-state index contributed by atoms with van der Waals surface area (Å²) < 4.78 is 0. The summed E-state index contributed by atoms with van der Waals surface area (Å²) in [6.07, 6.45) is -1.56. The maximum atomic E-state index is 8.78. The van der Waals surface area contributed by atoms with Crippen molar-refractivity contribution in [2.24, 2.45) is 0 Å². The van der Waals surface area contributed by atoms with Gasteiger partial charge in [-0.05, 0) is 30.3 Å². The van der Waals surface area contributed by atoms with E-state index in [0.29, 0.717) is 17.1 Å². The first kappa shape index (κ1) is 24.7. The number of allylic oxidation sites excluding steroid dienone is 1. The number of carbonyl (C=O) groups excluding carboxylic acids is 1. The molecule has 0 fully saturated rings. The van der Waals surface area contributed by atoms with Crippen molar-refractivity contribution < 1.29 is 118 Å². The Morgan fingerprint density at radius 3 is 2.32 bits per heavy atom. The number of hydrogen-bond acceptors (Lipinski definition) is 6. The number of pyridine rings is 1. The second-order valence-electron chi connectivity index (χ2n) is 2.95. The van der Waals surface area contributed by atoms with Crippen molar-refractivity contribution in [2.75, 3.05) is 5.73 Å². The molecule has 19 heavy (non-hydrogen) atoms. The SMILES string of the molecule is C=C(CC)c1nc(N)ccc1C#N.O=C([O-])[O-].[K+].[K+]. The number of aromatic nitrogens is 1. The van der Waals surface area contributed by atoms with Crippen LogP contribution in [0.3, 0.4) is 0 Å². The van der Waals surface area contributed by atoms with Gasteiger partial charge in [0, 0.05) is 0 Å². The zero-order valence-corrected chi connectivity index (χ0v) is 17.5. The van der Waals surface area contributed by atoms with Gasteiger partial charge in [0.2, 0.25) is 0 Å². The molecule has 0 aliphatic rings. The number of nitrogen functional groups attached to an aromatic ring is 1. The molecule has 0 amide bonds. The molecule has 0 aliphatic heterocycles. The number of nitriles is 1. The van der Waals surface area contributed by atoms with Crippen molar-refractivity contribution in [3.05, 3.63) is 30.0 Å². The third kappa shape index (κ3) is 11.1. The minimum Gasteiger partial charge on any atom is -0.652 e. The fourth-order valence-corrected chi connectivity index (χ4v) is 1.00. The van der Waals surface area contributed by atoms with Gasteiger partial charge in [-0.25, -0.2) is 4.98 Å². The molecule has 90 valence electrons. The van der Waals surface area contributed by atoms with Gasteiger partial charge in [0.1, 0.15) is 11.9 Å². The summed E-state index contributed by atoms with van der Waals surface area (Å²) in [4.78, 5) is 12.4. The molecule has 1 heterocycles. The van der Waals surface area contributed by atoms with Gasteiger partial charge < -0.3 is 20.7 Å². The minimum atomic E-state index is -2.33. The zero-order chi connectivity index (χ0) is 13.4. The summed E-state index contributed by atoms with van der Waals surface area (Å²) in [7, 11) is 0. The van der Waals surface area contributed by atoms with Gasteiger partial charge in [0.05, 0.1) is 11.3 Å². The van der Waals surface area contributed by atoms with Gasteiger partial charge in [0.15, 0.2) is 0 Å². The van der Waals surface area contributed by atoms with Crippen LogP contribution >= 0.6 is 0 Å². The van der Waals surface area contributed by atoms with Crippen LogP contribution in [0, 0.1) is 11.3 Å². The summed E-state index contributed by atoms with van der Waals surface area (Å²) in [5.41, 5.74) is 7.49. The molecule has 0 unspecified atom stereocenters. The molecule has 0 atom stereocenters. The first-order valence-electron chi connectivity index (χ1n) is 4.65. The molecule has 2 N–H and O–H groups in total. The van der Waals surface area contributed by atoms with Crippen LogP contribution in [0.25, 0.3) is 5.57 Å². The van der Waals surface area contributed by atoms with E-state index in [2.05, 4.69) is 17.6 Å². The topological polar surface area (TPSA) is 126 Å². The second-order valence-corrected chi connectivity index (χ2v) is 2.95. The van der Waals surface area contributed by atoms with Crippen molar-refractivity contribution in [1.82, 2.24) is 4.98 Å². The van der Waals surface area contributed by atoms with Gasteiger partial charge >= 0.3 is 103 Å². The summed E-state index contributed by atoms with van der Waals surface area (Å²) in [6, 6.07) is 5.34. The van der Waals surface area contributed by atoms with E-state index < -0.39 is 6.16 Å². The van der Waals surface area contributed by atoms with E-state index in [-0.39, 0.29) is 103 Å². The maximum Gasteiger partial charge on any atom is 1.00 e. The number of hydrogen-bond donors (Lipinski definition) is 1. The van der Waals surface area contributed by atoms with Gasteiger partial charge in [-0.1, -0.05) is 13.5 Å². The second kappa shape index (κ2) is 13.7. The molecule has 0 aliphatic carbocycles. The van der Waals surface area contributed by atoms with Gasteiger partial charge in [-0.2, -0.15) is 5.26 Å². The van der Waals surface area contributed by atoms with E-state index in [0.717, 1.165) is 12.0 Å². The summed E-state index contributed by atoms with van der Waals surface area (Å²) in [6.45, 7) is 5.79. The van der Waals surface area contributed by atoms with E-state index in [4.69, 9.17) is 26.0 Å². The first-order chi connectivity index (χ1) is 7.92. The number of rotatable bonds is 2. The average molecular weight is 311 g/mol. The Morgan fingerprint density at radius 2 is 1.95 bits per heavy atom. The smallest absolute Gasteiger partial charge is 0.652 e. The van der Waals surface area contributed by atoms with E-state index in [9.17, 15) is 0 Å². The first-order valence-corrected chi connectivity index (χ1v) is 4.65. The molecule has 0 spiro atoms. The predicted octanol–water partition coefficient (Wildman–Crippen LogP) is -6.48. The number of nitrogens with two attached hydrogens (primary N) is 1. The fourth-order valence-electron chi connectivity index (χ4n) is 1.00. The molecule has 1 rings (SSSR count). The third-order valence-electron chi connectivity index (χ3n) is 1.80. The zero-order valence-electron chi connectivity index (χ0n) is 11.3. The Morgan fingerprint density at radius 1 is 1.47 bits per heavy atom. The molecular weight excluding hydrogens is 300 g/mol. The summed E-state index contributed by atoms with van der Waals surface area (Å²) in [5, 5.41) is 25.4. The number of carboxylic acid groups (broad SMARTS) is 2. The van der Waals surface area contributed by atoms with E-state index >= 15 is 0 Å². The van der Waals surface area contributed by atoms with Crippen LogP contribution in [0.15, 0.2) is 18.7 Å². The molecule has 0 radical (unpaired) electrons. The number of nitrogens with zero attached hydrogens (tertiary/aromatic N) is 2. The van der Waals surface area contributed by atoms with E-state index in [1.807, 2.05) is 6.92 Å². The molecule has 0 saturated heterocycles. The van der Waals surface area contributed by atoms with Gasteiger partial charge in [-0.15, -0.1) is 0 Å². The molecule has 0 bridgehead atoms. The molecule has 1 aromatic heterocycles. The summed E-state index contributed by atoms with van der Waals surface area (Å²) >= 11 is 0. The van der Waals surface area contributed by atoms with E-state index in [1.54, 1.807) is 12.1 Å². The van der Waals surface area contributed by atoms with Crippen molar-refractivity contribution in [3.63, 3.8) is 0 Å². The predicted molar refractivity (Wildman–Crippen MR) is 58.1 cm³/mol. The molecule has 6 nitrogen and oxygen atoms in total. The standard InChI is InChI=1S/C10H11N3.CH2O3.2K/c1-3-7(2)10-8(6-11)4-5-9(12)13-10;2-1(3)4;;/h4-5H,2-3H2,1H3,(H2,12,13);(H2,2,3,4);;/q;;2*+1/p-2. The molecular formula is C11H11K2N3O3. The van der Waals surface area contributed by atoms with Crippen molar-refractivity contribution >= 4 is 17.5 Å². The Balaban J connectivity index is -0.000000379. The van der Waals surface area contributed by atoms with Crippen LogP contribution in [0.5, 0.6) is 0 Å². The van der Waals surface area contributed by atoms with Crippen molar-refractivity contribution in [2.45, 2.75) is 13.3 Å². The van der Waals surface area contributed by atoms with Crippen LogP contribution in [-0.2, 0) is 0 Å². The molecule has 8 heteroatoms. The summed E-state index contributed by atoms with van der Waals surface area (Å²) in [5.74, 6) is 0.420. The largest absolute Gasteiger partial charge is 1.00 e. The van der Waals surface area contributed by atoms with Crippen molar-refractivity contribution in [1.29, 1.82) is 5.26 Å². The van der Waals surface area contributed by atoms with E-state index in [1.165, 1.54) is 0 Å². The fraction of sp³-hybridized carbons (Fsp3) is 0.182. The quantitative estimate of drug-likeness (QED) is 0.541. The minimum absolute atomic E-state index is 0. The third-order valence-corrected chi connectivity index (χ3v) is 1.80. The van der Waals surface area contributed by atoms with Crippen LogP contribution in [0.4, 0.5) is 10.6 Å². The Labute approximate surface area is 196 Å². The Kier molecular flexibility index (Phi) is 17.8. The normalized spacial score (nSPS) is 7.58. The van der Waals surface area contributed by atoms with Crippen LogP contribution < -0.4 is 119 Å². The Bertz CT molecular complexity index is 469. The van der Waals surface area contributed by atoms with Gasteiger partial charge in [0.25, 0.3) is 0 Å². The molecule has 0 saturated carbocycles. The average Bonchev–Trinajstić information content (AvgIpc) is 2.27. The van der Waals surface area contributed by atoms with Crippen molar-refractivity contribution in [3.8, 4) is 6.07 Å². The van der Waals surface area contributed by atoms with Crippen LogP contribution in [-0.4, -0.2) is 11.1 Å².